The second-order valence-electron chi connectivity index (χ2n) is 5.92. The number of primary amides is 1. The van der Waals surface area contributed by atoms with E-state index in [2.05, 4.69) is 30.2 Å². The lowest BCUT2D eigenvalue weighted by Gasteiger charge is -2.25. The molecule has 0 aromatic carbocycles. The van der Waals surface area contributed by atoms with Gasteiger partial charge < -0.3 is 11.1 Å². The third kappa shape index (κ3) is 6.41. The summed E-state index contributed by atoms with van der Waals surface area (Å²) in [5, 5.41) is 2.64. The number of nitrogens with two attached hydrogens (primary N) is 1. The van der Waals surface area contributed by atoms with Crippen LogP contribution >= 0.6 is 0 Å². The molecule has 0 heterocycles. The van der Waals surface area contributed by atoms with Gasteiger partial charge in [0.15, 0.2) is 0 Å². The fraction of sp³-hybridized carbons (Fsp3) is 0.706. The zero-order valence-corrected chi connectivity index (χ0v) is 14.7. The van der Waals surface area contributed by atoms with Crippen molar-refractivity contribution in [2.45, 2.75) is 40.5 Å². The Hall–Kier alpha value is -1.65. The zero-order valence-electron chi connectivity index (χ0n) is 14.7. The maximum atomic E-state index is 11.7. The second kappa shape index (κ2) is 10.1. The lowest BCUT2D eigenvalue weighted by Crippen LogP contribution is -2.30. The van der Waals surface area contributed by atoms with E-state index in [-0.39, 0.29) is 23.7 Å². The summed E-state index contributed by atoms with van der Waals surface area (Å²) >= 11 is 0. The van der Waals surface area contributed by atoms with Crippen molar-refractivity contribution in [3.8, 4) is 0 Å². The van der Waals surface area contributed by atoms with E-state index in [1.807, 2.05) is 19.9 Å². The predicted octanol–water partition coefficient (Wildman–Crippen LogP) is 2.17. The van der Waals surface area contributed by atoms with Crippen molar-refractivity contribution in [1.29, 1.82) is 0 Å². The van der Waals surface area contributed by atoms with Gasteiger partial charge in [0.05, 0.1) is 5.92 Å². The Morgan fingerprint density at radius 3 is 2.27 bits per heavy atom. The van der Waals surface area contributed by atoms with Gasteiger partial charge in [-0.15, -0.1) is 0 Å². The van der Waals surface area contributed by atoms with E-state index in [1.165, 1.54) is 0 Å². The predicted molar refractivity (Wildman–Crippen MR) is 91.7 cm³/mol. The van der Waals surface area contributed by atoms with Gasteiger partial charge in [-0.2, -0.15) is 0 Å². The molecule has 126 valence electrons. The van der Waals surface area contributed by atoms with E-state index < -0.39 is 0 Å². The molecule has 0 saturated heterocycles. The van der Waals surface area contributed by atoms with Gasteiger partial charge in [-0.05, 0) is 37.2 Å². The molecule has 0 spiro atoms. The van der Waals surface area contributed by atoms with Crippen LogP contribution in [0.2, 0.25) is 0 Å². The van der Waals surface area contributed by atoms with Crippen LogP contribution in [0.4, 0.5) is 0 Å². The molecule has 4 unspecified atom stereocenters. The normalized spacial score (nSPS) is 17.8. The maximum absolute atomic E-state index is 11.7. The number of aliphatic imine (C=N–C) groups is 1. The summed E-state index contributed by atoms with van der Waals surface area (Å²) < 4.78 is 0. The molecule has 0 bridgehead atoms. The Bertz CT molecular complexity index is 430. The van der Waals surface area contributed by atoms with Crippen molar-refractivity contribution in [2.75, 3.05) is 14.1 Å². The fourth-order valence-corrected chi connectivity index (χ4v) is 2.59. The molecular formula is C17H31N3O2. The topological polar surface area (TPSA) is 84.6 Å². The third-order valence-corrected chi connectivity index (χ3v) is 4.42. The third-order valence-electron chi connectivity index (χ3n) is 4.42. The van der Waals surface area contributed by atoms with Crippen LogP contribution in [-0.2, 0) is 9.59 Å². The summed E-state index contributed by atoms with van der Waals surface area (Å²) in [6.45, 7) is 8.14. The number of nitrogens with zero attached hydrogens (tertiary/aromatic N) is 1. The molecule has 0 fully saturated rings. The molecule has 0 aliphatic heterocycles. The van der Waals surface area contributed by atoms with Crippen LogP contribution in [0.25, 0.3) is 0 Å². The average Bonchev–Trinajstić information content (AvgIpc) is 2.49. The number of allylic oxidation sites excluding steroid dienone is 2. The first-order chi connectivity index (χ1) is 10.3. The van der Waals surface area contributed by atoms with Crippen molar-refractivity contribution in [2.24, 2.45) is 34.4 Å². The molecule has 0 aliphatic carbocycles. The van der Waals surface area contributed by atoms with Crippen LogP contribution in [0.5, 0.6) is 0 Å². The highest BCUT2D eigenvalue weighted by molar-refractivity contribution is 6.09. The van der Waals surface area contributed by atoms with Crippen molar-refractivity contribution < 1.29 is 9.59 Å². The van der Waals surface area contributed by atoms with Crippen LogP contribution in [0.3, 0.4) is 0 Å². The van der Waals surface area contributed by atoms with Crippen LogP contribution in [0, 0.1) is 23.7 Å². The van der Waals surface area contributed by atoms with Crippen molar-refractivity contribution in [1.82, 2.24) is 5.32 Å². The van der Waals surface area contributed by atoms with Crippen LogP contribution < -0.4 is 11.1 Å². The monoisotopic (exact) mass is 309 g/mol. The number of hydrogen-bond acceptors (Lipinski definition) is 3. The Morgan fingerprint density at radius 2 is 1.86 bits per heavy atom. The molecule has 22 heavy (non-hydrogen) atoms. The van der Waals surface area contributed by atoms with Crippen LogP contribution in [0.1, 0.15) is 40.5 Å². The van der Waals surface area contributed by atoms with E-state index in [0.717, 1.165) is 12.1 Å². The summed E-state index contributed by atoms with van der Waals surface area (Å²) in [7, 11) is 3.32. The quantitative estimate of drug-likeness (QED) is 0.640. The fourth-order valence-electron chi connectivity index (χ4n) is 2.59. The Balaban J connectivity index is 4.97. The summed E-state index contributed by atoms with van der Waals surface area (Å²) in [6.07, 6.45) is 5.40. The largest absolute Gasteiger partial charge is 0.370 e. The van der Waals surface area contributed by atoms with Gasteiger partial charge in [-0.25, -0.2) is 0 Å². The Kier molecular flexibility index (Phi) is 9.38. The minimum atomic E-state index is -0.276. The van der Waals surface area contributed by atoms with E-state index in [9.17, 15) is 9.59 Å². The van der Waals surface area contributed by atoms with Gasteiger partial charge in [0.25, 0.3) is 0 Å². The van der Waals surface area contributed by atoms with Crippen molar-refractivity contribution in [3.63, 3.8) is 0 Å². The molecule has 0 radical (unpaired) electrons. The molecule has 0 rings (SSSR count). The second-order valence-corrected chi connectivity index (χ2v) is 5.92. The minimum absolute atomic E-state index is 0.0477. The average molecular weight is 309 g/mol. The molecule has 5 nitrogen and oxygen atoms in total. The van der Waals surface area contributed by atoms with Gasteiger partial charge in [0, 0.05) is 26.2 Å². The number of carbonyl (C=O) groups excluding carboxylic acids is 2. The van der Waals surface area contributed by atoms with Crippen molar-refractivity contribution in [3.05, 3.63) is 12.2 Å². The molecule has 3 N–H and O–H groups in total. The summed E-state index contributed by atoms with van der Waals surface area (Å²) in [6, 6.07) is 0. The molecular weight excluding hydrogens is 278 g/mol. The smallest absolute Gasteiger partial charge is 0.228 e. The first-order valence-electron chi connectivity index (χ1n) is 7.93. The first kappa shape index (κ1) is 20.3. The first-order valence-corrected chi connectivity index (χ1v) is 7.93. The molecule has 0 saturated carbocycles. The zero-order chi connectivity index (χ0) is 17.3. The van der Waals surface area contributed by atoms with Gasteiger partial charge in [0.2, 0.25) is 11.8 Å². The Morgan fingerprint density at radius 1 is 1.27 bits per heavy atom. The number of amides is 2. The molecule has 4 atom stereocenters. The number of hydrogen-bond donors (Lipinski definition) is 2. The van der Waals surface area contributed by atoms with Gasteiger partial charge in [0.1, 0.15) is 0 Å². The standard InChI is InChI=1S/C17H31N3O2/c1-7-14(12(3)11(2)10-16(18)21)8-9-15(19-5)13(4)17(22)20-6/h8-9,11-14H,7,10H2,1-6H3,(H2,18,21)(H,20,22)/b9-8-,19-15?. The number of rotatable bonds is 9. The number of carbonyl (C=O) groups is 2. The Labute approximate surface area is 134 Å². The lowest BCUT2D eigenvalue weighted by molar-refractivity contribution is -0.122. The van der Waals surface area contributed by atoms with Crippen LogP contribution in [-0.4, -0.2) is 31.6 Å². The summed E-state index contributed by atoms with van der Waals surface area (Å²) in [5.41, 5.74) is 6.04. The van der Waals surface area contributed by atoms with E-state index in [0.29, 0.717) is 18.3 Å². The highest BCUT2D eigenvalue weighted by atomic mass is 16.2. The minimum Gasteiger partial charge on any atom is -0.370 e. The van der Waals surface area contributed by atoms with Crippen molar-refractivity contribution >= 4 is 17.5 Å². The van der Waals surface area contributed by atoms with E-state index in [1.54, 1.807) is 14.1 Å². The number of nitrogens with one attached hydrogen (secondary N) is 1. The molecule has 5 heteroatoms. The molecule has 0 aliphatic rings. The maximum Gasteiger partial charge on any atom is 0.228 e. The summed E-state index contributed by atoms with van der Waals surface area (Å²) in [5.74, 6) is 0.299. The van der Waals surface area contributed by atoms with Crippen LogP contribution in [0.15, 0.2) is 17.1 Å². The van der Waals surface area contributed by atoms with Gasteiger partial charge >= 0.3 is 0 Å². The molecule has 0 aromatic heterocycles. The van der Waals surface area contributed by atoms with E-state index in [4.69, 9.17) is 5.73 Å². The lowest BCUT2D eigenvalue weighted by atomic mass is 9.80. The highest BCUT2D eigenvalue weighted by Crippen LogP contribution is 2.27. The summed E-state index contributed by atoms with van der Waals surface area (Å²) in [4.78, 5) is 27.0. The molecule has 0 aromatic rings. The van der Waals surface area contributed by atoms with E-state index >= 15 is 0 Å². The molecule has 2 amide bonds. The SMILES string of the molecule is CCC(/C=C\C(=NC)C(C)C(=O)NC)C(C)C(C)CC(N)=O. The van der Waals surface area contributed by atoms with Gasteiger partial charge in [-0.3, -0.25) is 14.6 Å². The highest BCUT2D eigenvalue weighted by Gasteiger charge is 2.22. The van der Waals surface area contributed by atoms with Gasteiger partial charge in [-0.1, -0.05) is 26.8 Å².